The lowest BCUT2D eigenvalue weighted by molar-refractivity contribution is -0.183. The van der Waals surface area contributed by atoms with Crippen LogP contribution in [0, 0.1) is 5.82 Å². The van der Waals surface area contributed by atoms with Crippen molar-refractivity contribution in [2.45, 2.75) is 50.8 Å². The molecular formula is C16H22F3NO3S. The number of halogens is 3. The van der Waals surface area contributed by atoms with E-state index in [2.05, 4.69) is 9.46 Å². The first-order valence-corrected chi connectivity index (χ1v) is 8.52. The lowest BCUT2D eigenvalue weighted by Crippen LogP contribution is -2.62. The predicted octanol–water partition coefficient (Wildman–Crippen LogP) is 3.29. The number of carbonyl (C=O) groups excluding carboxylic acids is 1. The van der Waals surface area contributed by atoms with Gasteiger partial charge in [-0.2, -0.15) is 8.78 Å². The summed E-state index contributed by atoms with van der Waals surface area (Å²) in [6, 6.07) is 4.81. The van der Waals surface area contributed by atoms with E-state index in [0.717, 1.165) is 19.1 Å². The molecule has 0 amide bonds. The number of esters is 1. The molecular weight excluding hydrogens is 343 g/mol. The Balaban J connectivity index is 3.47. The van der Waals surface area contributed by atoms with E-state index in [1.54, 1.807) is 20.8 Å². The molecule has 1 rings (SSSR count). The largest absolute Gasteiger partial charge is 0.598 e. The summed E-state index contributed by atoms with van der Waals surface area (Å²) >= 11 is -1.99. The Morgan fingerprint density at radius 2 is 1.79 bits per heavy atom. The van der Waals surface area contributed by atoms with E-state index in [4.69, 9.17) is 0 Å². The highest BCUT2D eigenvalue weighted by Crippen LogP contribution is 2.41. The van der Waals surface area contributed by atoms with Crippen LogP contribution in [0.4, 0.5) is 13.2 Å². The van der Waals surface area contributed by atoms with E-state index in [1.165, 1.54) is 19.1 Å². The maximum atomic E-state index is 14.8. The van der Waals surface area contributed by atoms with Gasteiger partial charge >= 0.3 is 11.9 Å². The van der Waals surface area contributed by atoms with Crippen molar-refractivity contribution in [2.24, 2.45) is 0 Å². The first-order chi connectivity index (χ1) is 10.9. The SMILES string of the molecule is CCOC(=O)C(F)(F)C(C)(N[S@+]([O-])C(C)(C)C)c1ccccc1F. The number of benzene rings is 1. The van der Waals surface area contributed by atoms with Crippen molar-refractivity contribution in [3.8, 4) is 0 Å². The number of rotatable bonds is 6. The molecule has 0 fully saturated rings. The zero-order valence-electron chi connectivity index (χ0n) is 14.3. The van der Waals surface area contributed by atoms with Gasteiger partial charge in [0.05, 0.1) is 6.61 Å². The van der Waals surface area contributed by atoms with E-state index in [1.807, 2.05) is 0 Å². The molecule has 0 radical (unpaired) electrons. The molecule has 0 spiro atoms. The number of nitrogens with one attached hydrogen (secondary N) is 1. The molecule has 0 aliphatic heterocycles. The molecule has 8 heteroatoms. The van der Waals surface area contributed by atoms with Gasteiger partial charge in [0.15, 0.2) is 5.54 Å². The third-order valence-corrected chi connectivity index (χ3v) is 5.13. The molecule has 1 aromatic rings. The van der Waals surface area contributed by atoms with E-state index < -0.39 is 44.9 Å². The number of hydrogen-bond acceptors (Lipinski definition) is 4. The fourth-order valence-corrected chi connectivity index (χ4v) is 2.83. The van der Waals surface area contributed by atoms with Crippen LogP contribution in [0.5, 0.6) is 0 Å². The zero-order chi connectivity index (χ0) is 18.8. The van der Waals surface area contributed by atoms with Crippen LogP contribution >= 0.6 is 0 Å². The quantitative estimate of drug-likeness (QED) is 0.621. The molecule has 24 heavy (non-hydrogen) atoms. The second-order valence-corrected chi connectivity index (χ2v) is 8.35. The van der Waals surface area contributed by atoms with E-state index in [0.29, 0.717) is 0 Å². The van der Waals surface area contributed by atoms with Crippen molar-refractivity contribution in [1.82, 2.24) is 4.72 Å². The highest BCUT2D eigenvalue weighted by Gasteiger charge is 2.62. The van der Waals surface area contributed by atoms with Gasteiger partial charge in [-0.3, -0.25) is 0 Å². The minimum atomic E-state index is -4.15. The molecule has 0 saturated heterocycles. The van der Waals surface area contributed by atoms with Crippen molar-refractivity contribution < 1.29 is 27.3 Å². The molecule has 1 aromatic carbocycles. The first kappa shape index (κ1) is 20.8. The fraction of sp³-hybridized carbons (Fsp3) is 0.562. The maximum absolute atomic E-state index is 14.8. The van der Waals surface area contributed by atoms with Gasteiger partial charge in [0.1, 0.15) is 10.6 Å². The molecule has 2 atom stereocenters. The highest BCUT2D eigenvalue weighted by atomic mass is 32.2. The van der Waals surface area contributed by atoms with Gasteiger partial charge in [0.25, 0.3) is 0 Å². The van der Waals surface area contributed by atoms with Gasteiger partial charge in [0.2, 0.25) is 0 Å². The number of alkyl halides is 2. The summed E-state index contributed by atoms with van der Waals surface area (Å²) in [7, 11) is 0. The second-order valence-electron chi connectivity index (χ2n) is 6.38. The van der Waals surface area contributed by atoms with Crippen LogP contribution in [0.2, 0.25) is 0 Å². The minimum absolute atomic E-state index is 0.260. The third-order valence-electron chi connectivity index (χ3n) is 3.43. The molecule has 0 aliphatic carbocycles. The van der Waals surface area contributed by atoms with Crippen LogP contribution < -0.4 is 4.72 Å². The molecule has 4 nitrogen and oxygen atoms in total. The van der Waals surface area contributed by atoms with Crippen LogP contribution in [-0.4, -0.2) is 27.8 Å². The summed E-state index contributed by atoms with van der Waals surface area (Å²) < 4.78 is 62.0. The van der Waals surface area contributed by atoms with Gasteiger partial charge in [-0.25, -0.2) is 9.18 Å². The Kier molecular flexibility index (Phi) is 6.35. The number of ether oxygens (including phenoxy) is 1. The van der Waals surface area contributed by atoms with E-state index >= 15 is 0 Å². The van der Waals surface area contributed by atoms with E-state index in [9.17, 15) is 22.5 Å². The van der Waals surface area contributed by atoms with Crippen molar-refractivity contribution in [2.75, 3.05) is 6.61 Å². The van der Waals surface area contributed by atoms with Gasteiger partial charge in [-0.05, 0) is 40.7 Å². The summed E-state index contributed by atoms with van der Waals surface area (Å²) in [4.78, 5) is 11.8. The van der Waals surface area contributed by atoms with Crippen molar-refractivity contribution in [3.05, 3.63) is 35.6 Å². The summed E-state index contributed by atoms with van der Waals surface area (Å²) in [5.41, 5.74) is -3.02. The fourth-order valence-electron chi connectivity index (χ4n) is 1.92. The number of hydrogen-bond donors (Lipinski definition) is 1. The van der Waals surface area contributed by atoms with Crippen LogP contribution in [0.15, 0.2) is 24.3 Å². The van der Waals surface area contributed by atoms with Crippen LogP contribution in [0.3, 0.4) is 0 Å². The first-order valence-electron chi connectivity index (χ1n) is 7.37. The van der Waals surface area contributed by atoms with Crippen molar-refractivity contribution in [1.29, 1.82) is 0 Å². The molecule has 1 unspecified atom stereocenters. The summed E-state index contributed by atoms with van der Waals surface area (Å²) in [6.07, 6.45) is 0. The monoisotopic (exact) mass is 365 g/mol. The topological polar surface area (TPSA) is 61.4 Å². The zero-order valence-corrected chi connectivity index (χ0v) is 15.1. The summed E-state index contributed by atoms with van der Waals surface area (Å²) in [5.74, 6) is -6.90. The van der Waals surface area contributed by atoms with Gasteiger partial charge in [-0.1, -0.05) is 18.2 Å². The van der Waals surface area contributed by atoms with Crippen molar-refractivity contribution in [3.63, 3.8) is 0 Å². The smallest absolute Gasteiger partial charge is 0.379 e. The summed E-state index contributed by atoms with van der Waals surface area (Å²) in [6.45, 7) is 6.77. The minimum Gasteiger partial charge on any atom is -0.598 e. The number of carbonyl (C=O) groups is 1. The Morgan fingerprint density at radius 3 is 2.25 bits per heavy atom. The second kappa shape index (κ2) is 7.33. The van der Waals surface area contributed by atoms with Gasteiger partial charge in [0, 0.05) is 16.9 Å². The van der Waals surface area contributed by atoms with Crippen LogP contribution in [0.25, 0.3) is 0 Å². The lowest BCUT2D eigenvalue weighted by Gasteiger charge is -2.38. The third kappa shape index (κ3) is 4.04. The predicted molar refractivity (Wildman–Crippen MR) is 86.4 cm³/mol. The molecule has 1 N–H and O–H groups in total. The Morgan fingerprint density at radius 1 is 1.25 bits per heavy atom. The van der Waals surface area contributed by atoms with Crippen LogP contribution in [0.1, 0.15) is 40.2 Å². The molecule has 0 aliphatic rings. The Hall–Kier alpha value is -1.25. The molecule has 136 valence electrons. The standard InChI is InChI=1S/C16H22F3NO3S/c1-6-23-13(21)16(18,19)15(5,20-24(22)14(2,3)4)11-9-7-8-10-12(11)17/h7-10,20H,6H2,1-5H3/t15?,24-/m1/s1. The average molecular weight is 365 g/mol. The van der Waals surface area contributed by atoms with Crippen molar-refractivity contribution >= 4 is 17.3 Å². The highest BCUT2D eigenvalue weighted by molar-refractivity contribution is 7.90. The average Bonchev–Trinajstić information content (AvgIpc) is 2.46. The van der Waals surface area contributed by atoms with E-state index in [-0.39, 0.29) is 6.61 Å². The summed E-state index contributed by atoms with van der Waals surface area (Å²) in [5, 5.41) is 0. The molecule has 0 bridgehead atoms. The molecule has 0 heterocycles. The van der Waals surface area contributed by atoms with Gasteiger partial charge in [-0.15, -0.1) is 4.72 Å². The Labute approximate surface area is 143 Å². The lowest BCUT2D eigenvalue weighted by atomic mass is 9.86. The molecule has 0 saturated carbocycles. The molecule has 0 aromatic heterocycles. The normalized spacial score (nSPS) is 16.4. The Bertz CT molecular complexity index is 592. The van der Waals surface area contributed by atoms with Crippen LogP contribution in [-0.2, 0) is 26.4 Å². The van der Waals surface area contributed by atoms with Gasteiger partial charge < -0.3 is 9.29 Å². The maximum Gasteiger partial charge on any atom is 0.379 e.